The fraction of sp³-hybridized carbons (Fsp3) is 0.467. The molecular formula is C15H21N3O2S. The lowest BCUT2D eigenvalue weighted by Gasteiger charge is -2.33. The zero-order chi connectivity index (χ0) is 15.7. The van der Waals surface area contributed by atoms with Crippen LogP contribution in [0.3, 0.4) is 0 Å². The summed E-state index contributed by atoms with van der Waals surface area (Å²) < 4.78 is 11.3. The zero-order valence-corrected chi connectivity index (χ0v) is 13.6. The highest BCUT2D eigenvalue weighted by Crippen LogP contribution is 2.27. The molecule has 0 saturated carbocycles. The number of ether oxygens (including phenoxy) is 1. The Morgan fingerprint density at radius 3 is 2.24 bits per heavy atom. The van der Waals surface area contributed by atoms with Crippen molar-refractivity contribution in [2.75, 3.05) is 0 Å². The van der Waals surface area contributed by atoms with Gasteiger partial charge in [-0.25, -0.2) is 0 Å². The van der Waals surface area contributed by atoms with Crippen LogP contribution in [0.25, 0.3) is 11.5 Å². The van der Waals surface area contributed by atoms with Gasteiger partial charge in [0.1, 0.15) is 11.4 Å². The second kappa shape index (κ2) is 5.69. The molecule has 21 heavy (non-hydrogen) atoms. The van der Waals surface area contributed by atoms with Crippen molar-refractivity contribution < 1.29 is 9.15 Å². The minimum Gasteiger partial charge on any atom is -0.488 e. The molecule has 0 saturated heterocycles. The Morgan fingerprint density at radius 2 is 1.76 bits per heavy atom. The largest absolute Gasteiger partial charge is 0.488 e. The van der Waals surface area contributed by atoms with E-state index in [1.54, 1.807) is 0 Å². The summed E-state index contributed by atoms with van der Waals surface area (Å²) in [7, 11) is 0. The summed E-state index contributed by atoms with van der Waals surface area (Å²) in [4.78, 5) is 0. The minimum atomic E-state index is -0.345. The first-order valence-electron chi connectivity index (χ1n) is 6.75. The normalized spacial score (nSPS) is 12.5. The highest BCUT2D eigenvalue weighted by molar-refractivity contribution is 7.80. The van der Waals surface area contributed by atoms with Crippen molar-refractivity contribution in [3.8, 4) is 17.2 Å². The molecule has 0 unspecified atom stereocenters. The van der Waals surface area contributed by atoms with E-state index in [9.17, 15) is 0 Å². The second-order valence-corrected chi connectivity index (χ2v) is 6.82. The van der Waals surface area contributed by atoms with E-state index >= 15 is 0 Å². The summed E-state index contributed by atoms with van der Waals surface area (Å²) in [5, 5.41) is 7.85. The van der Waals surface area contributed by atoms with Crippen molar-refractivity contribution in [2.24, 2.45) is 5.73 Å². The summed E-state index contributed by atoms with van der Waals surface area (Å²) in [6.45, 7) is 8.04. The Labute approximate surface area is 130 Å². The van der Waals surface area contributed by atoms with Gasteiger partial charge < -0.3 is 14.9 Å². The molecule has 6 heteroatoms. The summed E-state index contributed by atoms with van der Waals surface area (Å²) in [5.41, 5.74) is 6.26. The van der Waals surface area contributed by atoms with Gasteiger partial charge in [0, 0.05) is 17.5 Å². The van der Waals surface area contributed by atoms with E-state index < -0.39 is 0 Å². The van der Waals surface area contributed by atoms with Gasteiger partial charge in [-0.05, 0) is 52.0 Å². The molecule has 0 aliphatic rings. The van der Waals surface area contributed by atoms with Crippen molar-refractivity contribution in [3.05, 3.63) is 24.3 Å². The Morgan fingerprint density at radius 1 is 1.14 bits per heavy atom. The van der Waals surface area contributed by atoms with E-state index in [4.69, 9.17) is 14.9 Å². The lowest BCUT2D eigenvalue weighted by atomic mass is 9.90. The van der Waals surface area contributed by atoms with Crippen molar-refractivity contribution in [1.29, 1.82) is 0 Å². The molecule has 2 aromatic rings. The fourth-order valence-electron chi connectivity index (χ4n) is 2.45. The zero-order valence-electron chi connectivity index (χ0n) is 12.8. The maximum Gasteiger partial charge on any atom is 0.273 e. The summed E-state index contributed by atoms with van der Waals surface area (Å²) in [6.07, 6.45) is 0.744. The van der Waals surface area contributed by atoms with E-state index in [-0.39, 0.29) is 16.4 Å². The third-order valence-corrected chi connectivity index (χ3v) is 2.97. The van der Waals surface area contributed by atoms with Crippen LogP contribution < -0.4 is 10.5 Å². The van der Waals surface area contributed by atoms with Gasteiger partial charge in [-0.2, -0.15) is 0 Å². The van der Waals surface area contributed by atoms with Crippen molar-refractivity contribution in [3.63, 3.8) is 0 Å². The average molecular weight is 307 g/mol. The Kier molecular flexibility index (Phi) is 4.30. The second-order valence-electron chi connectivity index (χ2n) is 6.44. The Hall–Kier alpha value is -1.53. The quantitative estimate of drug-likeness (QED) is 0.829. The topological polar surface area (TPSA) is 74.2 Å². The first kappa shape index (κ1) is 15.9. The van der Waals surface area contributed by atoms with Crippen LogP contribution in [0.1, 0.15) is 34.1 Å². The predicted molar refractivity (Wildman–Crippen MR) is 84.6 cm³/mol. The lowest BCUT2D eigenvalue weighted by molar-refractivity contribution is 0.0783. The SMILES string of the molecule is CC(C)(N)CC(C)(C)Oc1ccc(-c2nnc(S)o2)cc1. The third-order valence-electron chi connectivity index (χ3n) is 2.79. The molecule has 1 aromatic carbocycles. The van der Waals surface area contributed by atoms with Gasteiger partial charge in [-0.15, -0.1) is 10.2 Å². The number of benzene rings is 1. The highest BCUT2D eigenvalue weighted by atomic mass is 32.1. The van der Waals surface area contributed by atoms with Crippen molar-refractivity contribution in [2.45, 2.75) is 50.5 Å². The molecule has 0 fully saturated rings. The number of hydrogen-bond acceptors (Lipinski definition) is 6. The molecular weight excluding hydrogens is 286 g/mol. The maximum absolute atomic E-state index is 6.06. The summed E-state index contributed by atoms with van der Waals surface area (Å²) in [5.74, 6) is 1.22. The molecule has 0 aliphatic carbocycles. The highest BCUT2D eigenvalue weighted by Gasteiger charge is 2.27. The van der Waals surface area contributed by atoms with Crippen LogP contribution >= 0.6 is 12.6 Å². The standard InChI is InChI=1S/C15H21N3O2S/c1-14(2,16)9-15(3,4)20-11-7-5-10(6-8-11)12-17-18-13(21)19-12/h5-8H,9,16H2,1-4H3,(H,18,21). The number of rotatable bonds is 5. The molecule has 0 radical (unpaired) electrons. The van der Waals surface area contributed by atoms with Crippen molar-refractivity contribution >= 4 is 12.6 Å². The molecule has 1 heterocycles. The van der Waals surface area contributed by atoms with Gasteiger partial charge in [0.15, 0.2) is 0 Å². The average Bonchev–Trinajstić information content (AvgIpc) is 2.73. The number of nitrogens with two attached hydrogens (primary N) is 1. The number of aromatic nitrogens is 2. The molecule has 0 amide bonds. The molecule has 0 atom stereocenters. The van der Waals surface area contributed by atoms with Crippen LogP contribution in [-0.2, 0) is 0 Å². The van der Waals surface area contributed by atoms with Gasteiger partial charge in [-0.3, -0.25) is 0 Å². The van der Waals surface area contributed by atoms with Crippen LogP contribution in [0.2, 0.25) is 0 Å². The molecule has 5 nitrogen and oxygen atoms in total. The number of thiol groups is 1. The minimum absolute atomic E-state index is 0.247. The molecule has 0 spiro atoms. The molecule has 2 N–H and O–H groups in total. The van der Waals surface area contributed by atoms with E-state index in [0.717, 1.165) is 17.7 Å². The third kappa shape index (κ3) is 4.75. The van der Waals surface area contributed by atoms with E-state index in [1.807, 2.05) is 52.0 Å². The van der Waals surface area contributed by atoms with Crippen LogP contribution in [0.15, 0.2) is 33.9 Å². The molecule has 114 valence electrons. The molecule has 2 rings (SSSR count). The number of nitrogens with zero attached hydrogens (tertiary/aromatic N) is 2. The van der Waals surface area contributed by atoms with Gasteiger partial charge in [0.2, 0.25) is 5.89 Å². The van der Waals surface area contributed by atoms with E-state index in [0.29, 0.717) is 5.89 Å². The lowest BCUT2D eigenvalue weighted by Crippen LogP contribution is -2.43. The first-order valence-corrected chi connectivity index (χ1v) is 7.20. The summed E-state index contributed by atoms with van der Waals surface area (Å²) >= 11 is 3.99. The monoisotopic (exact) mass is 307 g/mol. The van der Waals surface area contributed by atoms with Crippen LogP contribution in [-0.4, -0.2) is 21.3 Å². The van der Waals surface area contributed by atoms with E-state index in [2.05, 4.69) is 22.8 Å². The Balaban J connectivity index is 2.09. The smallest absolute Gasteiger partial charge is 0.273 e. The van der Waals surface area contributed by atoms with Crippen LogP contribution in [0.4, 0.5) is 0 Å². The van der Waals surface area contributed by atoms with Gasteiger partial charge in [0.25, 0.3) is 5.22 Å². The summed E-state index contributed by atoms with van der Waals surface area (Å²) in [6, 6.07) is 7.51. The van der Waals surface area contributed by atoms with Crippen molar-refractivity contribution in [1.82, 2.24) is 10.2 Å². The molecule has 1 aromatic heterocycles. The van der Waals surface area contributed by atoms with Crippen LogP contribution in [0.5, 0.6) is 5.75 Å². The molecule has 0 aliphatic heterocycles. The Bertz CT molecular complexity index is 600. The molecule has 0 bridgehead atoms. The predicted octanol–water partition coefficient (Wildman–Crippen LogP) is 3.31. The fourth-order valence-corrected chi connectivity index (χ4v) is 2.58. The number of hydrogen-bond donors (Lipinski definition) is 2. The van der Waals surface area contributed by atoms with E-state index in [1.165, 1.54) is 0 Å². The van der Waals surface area contributed by atoms with Crippen LogP contribution in [0, 0.1) is 0 Å². The maximum atomic E-state index is 6.06. The van der Waals surface area contributed by atoms with Gasteiger partial charge in [0.05, 0.1) is 0 Å². The van der Waals surface area contributed by atoms with Gasteiger partial charge >= 0.3 is 0 Å². The first-order chi connectivity index (χ1) is 9.65. The van der Waals surface area contributed by atoms with Gasteiger partial charge in [-0.1, -0.05) is 12.6 Å².